The first-order valence-electron chi connectivity index (χ1n) is 4.75. The molecule has 2 unspecified atom stereocenters. The number of halogens is 1. The Hall–Kier alpha value is -1.76. The van der Waals surface area contributed by atoms with E-state index < -0.39 is 17.8 Å². The van der Waals surface area contributed by atoms with Crippen LogP contribution >= 0.6 is 0 Å². The lowest BCUT2D eigenvalue weighted by Gasteiger charge is -2.11. The van der Waals surface area contributed by atoms with Crippen molar-refractivity contribution < 1.29 is 19.0 Å². The first-order chi connectivity index (χ1) is 7.66. The van der Waals surface area contributed by atoms with Gasteiger partial charge in [0.2, 0.25) is 5.82 Å². The van der Waals surface area contributed by atoms with Crippen molar-refractivity contribution in [1.82, 2.24) is 15.3 Å². The molecular formula is C9H10FN3O3. The van der Waals surface area contributed by atoms with Crippen LogP contribution in [0.25, 0.3) is 0 Å². The van der Waals surface area contributed by atoms with Crippen LogP contribution in [0.1, 0.15) is 6.42 Å². The van der Waals surface area contributed by atoms with E-state index in [1.54, 1.807) is 0 Å². The zero-order chi connectivity index (χ0) is 11.5. The number of rotatable bonds is 3. The van der Waals surface area contributed by atoms with E-state index in [1.165, 1.54) is 6.33 Å². The minimum absolute atomic E-state index is 0.146. The van der Waals surface area contributed by atoms with E-state index in [4.69, 9.17) is 9.84 Å². The van der Waals surface area contributed by atoms with Gasteiger partial charge in [0, 0.05) is 13.0 Å². The number of carbonyl (C=O) groups is 1. The summed E-state index contributed by atoms with van der Waals surface area (Å²) >= 11 is 0. The average molecular weight is 227 g/mol. The standard InChI is InChI=1S/C9H10FN3O3/c10-6-3-11-4-13-8(6)16-5-1-7(9(14)15)12-2-5/h3-5,7,12H,1-2H2,(H,14,15). The lowest BCUT2D eigenvalue weighted by molar-refractivity contribution is -0.139. The van der Waals surface area contributed by atoms with Crippen molar-refractivity contribution in [1.29, 1.82) is 0 Å². The monoisotopic (exact) mass is 227 g/mol. The Morgan fingerprint density at radius 1 is 1.69 bits per heavy atom. The third kappa shape index (κ3) is 2.25. The van der Waals surface area contributed by atoms with Gasteiger partial charge in [0.1, 0.15) is 18.5 Å². The molecule has 1 fully saturated rings. The van der Waals surface area contributed by atoms with Gasteiger partial charge in [-0.15, -0.1) is 0 Å². The van der Waals surface area contributed by atoms with Gasteiger partial charge in [-0.3, -0.25) is 4.79 Å². The van der Waals surface area contributed by atoms with Gasteiger partial charge >= 0.3 is 5.97 Å². The lowest BCUT2D eigenvalue weighted by Crippen LogP contribution is -2.30. The van der Waals surface area contributed by atoms with Crippen molar-refractivity contribution in [2.24, 2.45) is 0 Å². The van der Waals surface area contributed by atoms with Gasteiger partial charge in [-0.05, 0) is 0 Å². The maximum atomic E-state index is 13.1. The second-order valence-corrected chi connectivity index (χ2v) is 3.45. The van der Waals surface area contributed by atoms with Crippen molar-refractivity contribution in [2.75, 3.05) is 6.54 Å². The first kappa shape index (κ1) is 10.7. The second-order valence-electron chi connectivity index (χ2n) is 3.45. The van der Waals surface area contributed by atoms with Crippen LogP contribution in [0.3, 0.4) is 0 Å². The van der Waals surface area contributed by atoms with Gasteiger partial charge < -0.3 is 15.2 Å². The fraction of sp³-hybridized carbons (Fsp3) is 0.444. The molecule has 1 aliphatic rings. The number of carboxylic acid groups (broad SMARTS) is 1. The number of hydrogen-bond acceptors (Lipinski definition) is 5. The zero-order valence-electron chi connectivity index (χ0n) is 8.26. The highest BCUT2D eigenvalue weighted by molar-refractivity contribution is 5.73. The fourth-order valence-corrected chi connectivity index (χ4v) is 1.53. The Balaban J connectivity index is 1.97. The van der Waals surface area contributed by atoms with E-state index in [2.05, 4.69) is 15.3 Å². The molecule has 0 bridgehead atoms. The largest absolute Gasteiger partial charge is 0.480 e. The van der Waals surface area contributed by atoms with Crippen molar-refractivity contribution in [3.63, 3.8) is 0 Å². The van der Waals surface area contributed by atoms with Crippen LogP contribution in [0.15, 0.2) is 12.5 Å². The Bertz CT molecular complexity index is 401. The van der Waals surface area contributed by atoms with Gasteiger partial charge in [0.25, 0.3) is 5.88 Å². The topological polar surface area (TPSA) is 84.3 Å². The summed E-state index contributed by atoms with van der Waals surface area (Å²) in [4.78, 5) is 17.8. The second kappa shape index (κ2) is 4.40. The highest BCUT2D eigenvalue weighted by Crippen LogP contribution is 2.17. The summed E-state index contributed by atoms with van der Waals surface area (Å²) in [5.41, 5.74) is 0. The summed E-state index contributed by atoms with van der Waals surface area (Å²) in [6.45, 7) is 0.362. The minimum Gasteiger partial charge on any atom is -0.480 e. The molecule has 1 aromatic heterocycles. The van der Waals surface area contributed by atoms with E-state index in [0.29, 0.717) is 13.0 Å². The van der Waals surface area contributed by atoms with E-state index in [1.807, 2.05) is 0 Å². The molecule has 0 radical (unpaired) electrons. The molecular weight excluding hydrogens is 217 g/mol. The summed E-state index contributed by atoms with van der Waals surface area (Å²) in [5.74, 6) is -1.73. The Labute approximate surface area is 90.5 Å². The van der Waals surface area contributed by atoms with Gasteiger partial charge in [-0.2, -0.15) is 9.37 Å². The third-order valence-corrected chi connectivity index (χ3v) is 2.30. The molecule has 16 heavy (non-hydrogen) atoms. The predicted molar refractivity (Wildman–Crippen MR) is 50.4 cm³/mol. The number of nitrogens with zero attached hydrogens (tertiary/aromatic N) is 2. The van der Waals surface area contributed by atoms with Crippen LogP contribution in [-0.2, 0) is 4.79 Å². The normalized spacial score (nSPS) is 24.3. The molecule has 86 valence electrons. The van der Waals surface area contributed by atoms with Gasteiger partial charge in [0.15, 0.2) is 0 Å². The van der Waals surface area contributed by atoms with E-state index in [0.717, 1.165) is 6.20 Å². The van der Waals surface area contributed by atoms with Crippen molar-refractivity contribution in [3.05, 3.63) is 18.3 Å². The number of aliphatic carboxylic acids is 1. The summed E-state index contributed by atoms with van der Waals surface area (Å²) in [5, 5.41) is 11.5. The molecule has 0 amide bonds. The van der Waals surface area contributed by atoms with Crippen molar-refractivity contribution >= 4 is 5.97 Å². The molecule has 0 saturated carbocycles. The van der Waals surface area contributed by atoms with Crippen LogP contribution in [0.5, 0.6) is 5.88 Å². The number of carboxylic acids is 1. The average Bonchev–Trinajstić information content (AvgIpc) is 2.70. The van der Waals surface area contributed by atoms with Crippen LogP contribution in [0.2, 0.25) is 0 Å². The van der Waals surface area contributed by atoms with Crippen molar-refractivity contribution in [2.45, 2.75) is 18.6 Å². The fourth-order valence-electron chi connectivity index (χ4n) is 1.53. The molecule has 1 aliphatic heterocycles. The summed E-state index contributed by atoms with van der Waals surface area (Å²) in [6.07, 6.45) is 2.08. The molecule has 2 N–H and O–H groups in total. The van der Waals surface area contributed by atoms with Crippen LogP contribution in [0.4, 0.5) is 4.39 Å². The molecule has 2 atom stereocenters. The highest BCUT2D eigenvalue weighted by Gasteiger charge is 2.31. The highest BCUT2D eigenvalue weighted by atomic mass is 19.1. The first-order valence-corrected chi connectivity index (χ1v) is 4.75. The van der Waals surface area contributed by atoms with Crippen LogP contribution in [-0.4, -0.2) is 39.7 Å². The number of nitrogens with one attached hydrogen (secondary N) is 1. The molecule has 2 rings (SSSR count). The van der Waals surface area contributed by atoms with Gasteiger partial charge in [0.05, 0.1) is 6.20 Å². The Kier molecular flexibility index (Phi) is 2.95. The van der Waals surface area contributed by atoms with Gasteiger partial charge in [-0.1, -0.05) is 0 Å². The predicted octanol–water partition coefficient (Wildman–Crippen LogP) is -0.190. The van der Waals surface area contributed by atoms with Crippen LogP contribution < -0.4 is 10.1 Å². The molecule has 0 aliphatic carbocycles. The summed E-state index contributed by atoms with van der Waals surface area (Å²) < 4.78 is 18.3. The molecule has 1 aromatic rings. The minimum atomic E-state index is -0.936. The van der Waals surface area contributed by atoms with E-state index in [-0.39, 0.29) is 12.0 Å². The molecule has 2 heterocycles. The molecule has 0 aromatic carbocycles. The number of hydrogen-bond donors (Lipinski definition) is 2. The molecule has 6 nitrogen and oxygen atoms in total. The Morgan fingerprint density at radius 2 is 2.50 bits per heavy atom. The summed E-state index contributed by atoms with van der Waals surface area (Å²) in [6, 6.07) is -0.644. The molecule has 0 spiro atoms. The lowest BCUT2D eigenvalue weighted by atomic mass is 10.2. The maximum absolute atomic E-state index is 13.1. The third-order valence-electron chi connectivity index (χ3n) is 2.30. The van der Waals surface area contributed by atoms with Crippen LogP contribution in [0, 0.1) is 5.82 Å². The maximum Gasteiger partial charge on any atom is 0.320 e. The quantitative estimate of drug-likeness (QED) is 0.744. The number of ether oxygens (including phenoxy) is 1. The van der Waals surface area contributed by atoms with E-state index in [9.17, 15) is 9.18 Å². The van der Waals surface area contributed by atoms with E-state index >= 15 is 0 Å². The summed E-state index contributed by atoms with van der Waals surface area (Å²) in [7, 11) is 0. The number of aromatic nitrogens is 2. The molecule has 7 heteroatoms. The molecule has 1 saturated heterocycles. The Morgan fingerprint density at radius 3 is 3.12 bits per heavy atom. The zero-order valence-corrected chi connectivity index (χ0v) is 8.26. The smallest absolute Gasteiger partial charge is 0.320 e. The SMILES string of the molecule is O=C(O)C1CC(Oc2ncncc2F)CN1. The van der Waals surface area contributed by atoms with Crippen molar-refractivity contribution in [3.8, 4) is 5.88 Å². The van der Waals surface area contributed by atoms with Gasteiger partial charge in [-0.25, -0.2) is 4.98 Å².